The summed E-state index contributed by atoms with van der Waals surface area (Å²) in [5, 5.41) is 0. The molecule has 0 saturated heterocycles. The average molecular weight is 839 g/mol. The topological polar surface area (TPSA) is 121 Å². The standard InChI is InChI=1S/2C21H19N2O2S.Cd/c2*1-17-11-13-20(14-12-17)26(24,25)23-21-10-6-5-9-19(21)16-22-15-18-7-3-2-4-8-18;/h2*2-14,16H,15H2,1H3;/q2*-1;+2. The van der Waals surface area contributed by atoms with Crippen molar-refractivity contribution in [3.05, 3.63) is 201 Å². The van der Waals surface area contributed by atoms with Crippen molar-refractivity contribution in [3.8, 4) is 0 Å². The van der Waals surface area contributed by atoms with Crippen LogP contribution in [0.1, 0.15) is 33.4 Å². The Bertz CT molecular complexity index is 2170. The Hall–Kier alpha value is -4.92. The molecule has 0 bridgehead atoms. The third kappa shape index (κ3) is 12.6. The van der Waals surface area contributed by atoms with Gasteiger partial charge in [0.2, 0.25) is 0 Å². The van der Waals surface area contributed by atoms with Crippen molar-refractivity contribution in [1.29, 1.82) is 0 Å². The molecule has 6 aromatic carbocycles. The molecule has 0 heterocycles. The second-order valence-corrected chi connectivity index (χ2v) is 15.0. The van der Waals surface area contributed by atoms with Crippen LogP contribution in [0.25, 0.3) is 9.44 Å². The normalized spacial score (nSPS) is 11.4. The van der Waals surface area contributed by atoms with E-state index in [1.807, 2.05) is 86.6 Å². The molecule has 0 amide bonds. The first-order valence-electron chi connectivity index (χ1n) is 16.4. The van der Waals surface area contributed by atoms with Crippen LogP contribution in [0.5, 0.6) is 0 Å². The van der Waals surface area contributed by atoms with E-state index in [9.17, 15) is 16.8 Å². The molecular weight excluding hydrogens is 801 g/mol. The van der Waals surface area contributed by atoms with E-state index >= 15 is 0 Å². The summed E-state index contributed by atoms with van der Waals surface area (Å²) in [6.45, 7) is 4.87. The molecule has 0 saturated carbocycles. The molecular formula is C42H38CdN4O4S2. The molecule has 0 fully saturated rings. The van der Waals surface area contributed by atoms with Crippen LogP contribution in [0.2, 0.25) is 0 Å². The van der Waals surface area contributed by atoms with Crippen LogP contribution in [0, 0.1) is 13.8 Å². The van der Waals surface area contributed by atoms with Crippen LogP contribution < -0.4 is 0 Å². The second-order valence-electron chi connectivity index (χ2n) is 11.8. The van der Waals surface area contributed by atoms with E-state index in [0.717, 1.165) is 22.3 Å². The van der Waals surface area contributed by atoms with Crippen LogP contribution >= 0.6 is 0 Å². The van der Waals surface area contributed by atoms with E-state index < -0.39 is 20.0 Å². The Morgan fingerprint density at radius 2 is 0.774 bits per heavy atom. The average Bonchev–Trinajstić information content (AvgIpc) is 3.14. The number of aryl methyl sites for hydroxylation is 2. The molecule has 0 atom stereocenters. The maximum Gasteiger partial charge on any atom is 2.00 e. The predicted octanol–water partition coefficient (Wildman–Crippen LogP) is 10.0. The van der Waals surface area contributed by atoms with E-state index in [4.69, 9.17) is 0 Å². The van der Waals surface area contributed by atoms with Crippen molar-refractivity contribution >= 4 is 43.9 Å². The summed E-state index contributed by atoms with van der Waals surface area (Å²) in [7, 11) is -7.53. The van der Waals surface area contributed by atoms with Gasteiger partial charge in [-0.1, -0.05) is 145 Å². The molecule has 0 aromatic heterocycles. The van der Waals surface area contributed by atoms with Crippen molar-refractivity contribution < 1.29 is 44.1 Å². The summed E-state index contributed by atoms with van der Waals surface area (Å²) >= 11 is 0. The van der Waals surface area contributed by atoms with Gasteiger partial charge in [-0.25, -0.2) is 16.8 Å². The minimum Gasteiger partial charge on any atom is -0.572 e. The summed E-state index contributed by atoms with van der Waals surface area (Å²) in [4.78, 5) is 9.17. The van der Waals surface area contributed by atoms with Gasteiger partial charge in [-0.15, -0.1) is 11.4 Å². The first-order chi connectivity index (χ1) is 25.1. The number of nitrogens with zero attached hydrogens (tertiary/aromatic N) is 4. The third-order valence-corrected chi connectivity index (χ3v) is 10.3. The molecule has 11 heteroatoms. The molecule has 0 radical (unpaired) electrons. The van der Waals surface area contributed by atoms with Crippen LogP contribution in [-0.4, -0.2) is 29.3 Å². The van der Waals surface area contributed by atoms with Gasteiger partial charge >= 0.3 is 27.3 Å². The molecule has 0 spiro atoms. The van der Waals surface area contributed by atoms with Gasteiger partial charge < -0.3 is 9.44 Å². The SMILES string of the molecule is Cc1ccc(S(=O)(=O)[N-]c2ccccc2C=NCc2ccccc2)cc1.Cc1ccc(S(=O)(=O)[N-]c2ccccc2C=NCc2ccccc2)cc1.[Cd+2]. The van der Waals surface area contributed by atoms with Crippen molar-refractivity contribution in [2.24, 2.45) is 9.98 Å². The van der Waals surface area contributed by atoms with Gasteiger partial charge in [-0.2, -0.15) is 0 Å². The molecule has 53 heavy (non-hydrogen) atoms. The van der Waals surface area contributed by atoms with E-state index in [-0.39, 0.29) is 37.1 Å². The molecule has 0 unspecified atom stereocenters. The van der Waals surface area contributed by atoms with Crippen molar-refractivity contribution in [2.45, 2.75) is 36.7 Å². The molecule has 8 nitrogen and oxygen atoms in total. The first-order valence-corrected chi connectivity index (χ1v) is 19.3. The van der Waals surface area contributed by atoms with Crippen LogP contribution in [0.15, 0.2) is 178 Å². The minimum atomic E-state index is -3.77. The predicted molar refractivity (Wildman–Crippen MR) is 211 cm³/mol. The summed E-state index contributed by atoms with van der Waals surface area (Å²) in [6.07, 6.45) is 3.33. The van der Waals surface area contributed by atoms with Gasteiger partial charge in [-0.3, -0.25) is 9.98 Å². The fourth-order valence-electron chi connectivity index (χ4n) is 4.81. The first kappa shape index (κ1) is 40.8. The van der Waals surface area contributed by atoms with Gasteiger partial charge in [0, 0.05) is 12.4 Å². The summed E-state index contributed by atoms with van der Waals surface area (Å²) in [5.74, 6) is 0. The fourth-order valence-corrected chi connectivity index (χ4v) is 6.83. The molecule has 0 aliphatic carbocycles. The molecule has 6 aromatic rings. The monoisotopic (exact) mass is 840 g/mol. The van der Waals surface area contributed by atoms with Gasteiger partial charge in [0.1, 0.15) is 20.0 Å². The Kier molecular flexibility index (Phi) is 15.3. The Balaban J connectivity index is 0.000000232. The summed E-state index contributed by atoms with van der Waals surface area (Å²) < 4.78 is 58.2. The number of hydrogen-bond donors (Lipinski definition) is 0. The zero-order chi connectivity index (χ0) is 36.8. The van der Waals surface area contributed by atoms with Crippen molar-refractivity contribution in [3.63, 3.8) is 0 Å². The van der Waals surface area contributed by atoms with E-state index in [0.29, 0.717) is 35.6 Å². The number of rotatable bonds is 12. The number of sulfonamides is 2. The zero-order valence-corrected chi connectivity index (χ0v) is 35.2. The van der Waals surface area contributed by atoms with Gasteiger partial charge in [-0.05, 0) is 60.4 Å². The van der Waals surface area contributed by atoms with Gasteiger partial charge in [0.15, 0.2) is 0 Å². The largest absolute Gasteiger partial charge is 2.00 e. The molecule has 6 rings (SSSR count). The van der Waals surface area contributed by atoms with E-state index in [1.165, 1.54) is 0 Å². The van der Waals surface area contributed by atoms with Crippen molar-refractivity contribution in [1.82, 2.24) is 0 Å². The van der Waals surface area contributed by atoms with Crippen LogP contribution in [-0.2, 0) is 60.4 Å². The Morgan fingerprint density at radius 3 is 1.13 bits per heavy atom. The summed E-state index contributed by atoms with van der Waals surface area (Å²) in [5.41, 5.74) is 6.26. The molecule has 0 aliphatic rings. The van der Waals surface area contributed by atoms with Crippen LogP contribution in [0.3, 0.4) is 0 Å². The molecule has 264 valence electrons. The fraction of sp³-hybridized carbons (Fsp3) is 0.0952. The number of benzene rings is 6. The smallest absolute Gasteiger partial charge is 0.572 e. The zero-order valence-electron chi connectivity index (χ0n) is 29.5. The number of hydrogen-bond acceptors (Lipinski definition) is 6. The Labute approximate surface area is 333 Å². The van der Waals surface area contributed by atoms with Crippen LogP contribution in [0.4, 0.5) is 11.4 Å². The Morgan fingerprint density at radius 1 is 0.453 bits per heavy atom. The van der Waals surface area contributed by atoms with E-state index in [2.05, 4.69) is 19.4 Å². The maximum atomic E-state index is 12.5. The number of aliphatic imine (C=N–C) groups is 2. The maximum absolute atomic E-state index is 12.5. The molecule has 0 aliphatic heterocycles. The summed E-state index contributed by atoms with van der Waals surface area (Å²) in [6, 6.07) is 47.2. The third-order valence-electron chi connectivity index (χ3n) is 7.64. The minimum absolute atomic E-state index is 0. The van der Waals surface area contributed by atoms with Gasteiger partial charge in [0.05, 0.1) is 22.9 Å². The van der Waals surface area contributed by atoms with Crippen molar-refractivity contribution in [2.75, 3.05) is 0 Å². The molecule has 0 N–H and O–H groups in total. The quantitative estimate of drug-likeness (QED) is 0.0900. The van der Waals surface area contributed by atoms with E-state index in [1.54, 1.807) is 97.4 Å². The second kappa shape index (κ2) is 19.8. The van der Waals surface area contributed by atoms with Gasteiger partial charge in [0.25, 0.3) is 0 Å².